The van der Waals surface area contributed by atoms with Gasteiger partial charge in [0.2, 0.25) is 11.8 Å². The fraction of sp³-hybridized carbons (Fsp3) is 0.263. The maximum absolute atomic E-state index is 12.9. The molecule has 6 heteroatoms. The number of hydrogen-bond acceptors (Lipinski definition) is 2. The van der Waals surface area contributed by atoms with Gasteiger partial charge in [0.25, 0.3) is 0 Å². The molecule has 1 atom stereocenters. The van der Waals surface area contributed by atoms with Gasteiger partial charge in [-0.25, -0.2) is 4.39 Å². The molecule has 1 unspecified atom stereocenters. The Morgan fingerprint density at radius 2 is 2.00 bits per heavy atom. The maximum Gasteiger partial charge on any atom is 0.239 e. The van der Waals surface area contributed by atoms with Crippen molar-refractivity contribution in [3.8, 4) is 0 Å². The number of benzene rings is 2. The molecule has 3 rings (SSSR count). The summed E-state index contributed by atoms with van der Waals surface area (Å²) in [4.78, 5) is 26.5. The topological polar surface area (TPSA) is 49.4 Å². The average molecular weight is 361 g/mol. The number of hydrogen-bond donors (Lipinski definition) is 1. The zero-order valence-corrected chi connectivity index (χ0v) is 14.5. The first-order valence-corrected chi connectivity index (χ1v) is 8.43. The monoisotopic (exact) mass is 360 g/mol. The van der Waals surface area contributed by atoms with Crippen LogP contribution in [0.25, 0.3) is 0 Å². The number of nitrogens with zero attached hydrogens (tertiary/aromatic N) is 1. The lowest BCUT2D eigenvalue weighted by Gasteiger charge is -2.17. The number of carbonyl (C=O) groups excluding carboxylic acids is 2. The third kappa shape index (κ3) is 3.82. The van der Waals surface area contributed by atoms with Crippen LogP contribution < -0.4 is 10.2 Å². The van der Waals surface area contributed by atoms with Gasteiger partial charge in [0, 0.05) is 23.8 Å². The molecular formula is C19H18ClFN2O2. The Labute approximate surface area is 150 Å². The van der Waals surface area contributed by atoms with Crippen molar-refractivity contribution in [1.82, 2.24) is 5.32 Å². The van der Waals surface area contributed by atoms with Gasteiger partial charge in [-0.05, 0) is 48.7 Å². The molecule has 4 nitrogen and oxygen atoms in total. The van der Waals surface area contributed by atoms with E-state index in [4.69, 9.17) is 11.6 Å². The summed E-state index contributed by atoms with van der Waals surface area (Å²) in [5.74, 6) is -1.57. The van der Waals surface area contributed by atoms with Gasteiger partial charge in [-0.1, -0.05) is 29.8 Å². The van der Waals surface area contributed by atoms with E-state index in [1.165, 1.54) is 12.1 Å². The van der Waals surface area contributed by atoms with Gasteiger partial charge < -0.3 is 10.2 Å². The molecule has 2 amide bonds. The van der Waals surface area contributed by atoms with Crippen LogP contribution in [-0.4, -0.2) is 18.4 Å². The van der Waals surface area contributed by atoms with Crippen molar-refractivity contribution in [2.45, 2.75) is 19.9 Å². The van der Waals surface area contributed by atoms with E-state index in [-0.39, 0.29) is 24.2 Å². The highest BCUT2D eigenvalue weighted by molar-refractivity contribution is 6.31. The molecule has 1 saturated heterocycles. The van der Waals surface area contributed by atoms with Crippen LogP contribution in [0.3, 0.4) is 0 Å². The van der Waals surface area contributed by atoms with E-state index < -0.39 is 5.92 Å². The van der Waals surface area contributed by atoms with Crippen molar-refractivity contribution >= 4 is 29.1 Å². The Morgan fingerprint density at radius 3 is 2.68 bits per heavy atom. The Kier molecular flexibility index (Phi) is 5.04. The second-order valence-corrected chi connectivity index (χ2v) is 6.52. The maximum atomic E-state index is 12.9. The minimum absolute atomic E-state index is 0.225. The van der Waals surface area contributed by atoms with Crippen LogP contribution in [0.1, 0.15) is 17.5 Å². The summed E-state index contributed by atoms with van der Waals surface area (Å²) in [6.07, 6.45) is 0.458. The molecule has 0 bridgehead atoms. The van der Waals surface area contributed by atoms with Crippen LogP contribution in [0.5, 0.6) is 0 Å². The molecule has 1 aliphatic rings. The number of amides is 2. The minimum Gasteiger partial charge on any atom is -0.351 e. The normalized spacial score (nSPS) is 17.0. The molecule has 0 spiro atoms. The Bertz CT molecular complexity index is 808. The second-order valence-electron chi connectivity index (χ2n) is 6.11. The van der Waals surface area contributed by atoms with Crippen molar-refractivity contribution in [2.75, 3.05) is 11.4 Å². The van der Waals surface area contributed by atoms with E-state index in [9.17, 15) is 14.0 Å². The van der Waals surface area contributed by atoms with Gasteiger partial charge in [-0.3, -0.25) is 9.59 Å². The first-order valence-electron chi connectivity index (χ1n) is 8.05. The fourth-order valence-electron chi connectivity index (χ4n) is 2.84. The molecule has 1 heterocycles. The van der Waals surface area contributed by atoms with E-state index in [1.54, 1.807) is 23.1 Å². The van der Waals surface area contributed by atoms with Gasteiger partial charge in [-0.15, -0.1) is 0 Å². The number of anilines is 1. The van der Waals surface area contributed by atoms with Crippen molar-refractivity contribution < 1.29 is 14.0 Å². The molecule has 0 aliphatic carbocycles. The van der Waals surface area contributed by atoms with E-state index in [0.29, 0.717) is 23.7 Å². The standard InChI is InChI=1S/C19H18ClFN2O2/c1-12-2-7-15(10-17(12)20)23-9-8-16(19(23)25)18(24)22-11-13-3-5-14(21)6-4-13/h2-7,10,16H,8-9,11H2,1H3,(H,22,24). The number of aryl methyl sites for hydroxylation is 1. The first-order chi connectivity index (χ1) is 12.0. The summed E-state index contributed by atoms with van der Waals surface area (Å²) in [7, 11) is 0. The van der Waals surface area contributed by atoms with Crippen LogP contribution >= 0.6 is 11.6 Å². The van der Waals surface area contributed by atoms with Gasteiger partial charge in [0.15, 0.2) is 0 Å². The highest BCUT2D eigenvalue weighted by atomic mass is 35.5. The van der Waals surface area contributed by atoms with Crippen LogP contribution in [0.4, 0.5) is 10.1 Å². The van der Waals surface area contributed by atoms with Crippen molar-refractivity contribution in [3.05, 3.63) is 64.4 Å². The van der Waals surface area contributed by atoms with Crippen molar-refractivity contribution in [2.24, 2.45) is 5.92 Å². The lowest BCUT2D eigenvalue weighted by atomic mass is 10.1. The summed E-state index contributed by atoms with van der Waals surface area (Å²) in [6, 6.07) is 11.3. The Hall–Kier alpha value is -2.40. The van der Waals surface area contributed by atoms with Gasteiger partial charge in [0.1, 0.15) is 11.7 Å². The van der Waals surface area contributed by atoms with Gasteiger partial charge in [0.05, 0.1) is 0 Å². The molecule has 25 heavy (non-hydrogen) atoms. The fourth-order valence-corrected chi connectivity index (χ4v) is 3.02. The molecule has 2 aromatic rings. The van der Waals surface area contributed by atoms with Crippen LogP contribution in [0.15, 0.2) is 42.5 Å². The van der Waals surface area contributed by atoms with E-state index in [0.717, 1.165) is 11.1 Å². The molecule has 130 valence electrons. The molecule has 1 N–H and O–H groups in total. The highest BCUT2D eigenvalue weighted by Gasteiger charge is 2.37. The largest absolute Gasteiger partial charge is 0.351 e. The zero-order chi connectivity index (χ0) is 18.0. The Balaban J connectivity index is 1.63. The lowest BCUT2D eigenvalue weighted by molar-refractivity contribution is -0.132. The number of nitrogens with one attached hydrogen (secondary N) is 1. The van der Waals surface area contributed by atoms with Crippen molar-refractivity contribution in [3.63, 3.8) is 0 Å². The number of halogens is 2. The molecule has 0 saturated carbocycles. The average Bonchev–Trinajstić information content (AvgIpc) is 2.98. The Morgan fingerprint density at radius 1 is 1.28 bits per heavy atom. The number of carbonyl (C=O) groups is 2. The summed E-state index contributed by atoms with van der Waals surface area (Å²) in [5.41, 5.74) is 2.42. The van der Waals surface area contributed by atoms with Crippen LogP contribution in [0, 0.1) is 18.7 Å². The quantitative estimate of drug-likeness (QED) is 0.849. The summed E-state index contributed by atoms with van der Waals surface area (Å²) < 4.78 is 12.9. The third-order valence-electron chi connectivity index (χ3n) is 4.37. The zero-order valence-electron chi connectivity index (χ0n) is 13.8. The van der Waals surface area contributed by atoms with E-state index in [1.807, 2.05) is 19.1 Å². The minimum atomic E-state index is -0.708. The molecule has 1 fully saturated rings. The molecule has 1 aliphatic heterocycles. The molecule has 0 aromatic heterocycles. The highest BCUT2D eigenvalue weighted by Crippen LogP contribution is 2.29. The van der Waals surface area contributed by atoms with Crippen molar-refractivity contribution in [1.29, 1.82) is 0 Å². The van der Waals surface area contributed by atoms with Crippen LogP contribution in [-0.2, 0) is 16.1 Å². The second kappa shape index (κ2) is 7.23. The molecule has 2 aromatic carbocycles. The smallest absolute Gasteiger partial charge is 0.239 e. The molecule has 0 radical (unpaired) electrons. The summed E-state index contributed by atoms with van der Waals surface area (Å²) in [6.45, 7) is 2.63. The first kappa shape index (κ1) is 17.4. The van der Waals surface area contributed by atoms with E-state index >= 15 is 0 Å². The predicted octanol–water partition coefficient (Wildman–Crippen LogP) is 3.46. The lowest BCUT2D eigenvalue weighted by Crippen LogP contribution is -2.36. The third-order valence-corrected chi connectivity index (χ3v) is 4.78. The SMILES string of the molecule is Cc1ccc(N2CCC(C(=O)NCc3ccc(F)cc3)C2=O)cc1Cl. The predicted molar refractivity (Wildman–Crippen MR) is 94.9 cm³/mol. The number of rotatable bonds is 4. The van der Waals surface area contributed by atoms with Gasteiger partial charge in [-0.2, -0.15) is 0 Å². The van der Waals surface area contributed by atoms with E-state index in [2.05, 4.69) is 5.32 Å². The molecular weight excluding hydrogens is 343 g/mol. The summed E-state index contributed by atoms with van der Waals surface area (Å²) in [5, 5.41) is 3.34. The van der Waals surface area contributed by atoms with Crippen LogP contribution in [0.2, 0.25) is 5.02 Å². The van der Waals surface area contributed by atoms with Gasteiger partial charge >= 0.3 is 0 Å². The summed E-state index contributed by atoms with van der Waals surface area (Å²) >= 11 is 6.12.